The van der Waals surface area contributed by atoms with Gasteiger partial charge in [0.2, 0.25) is 0 Å². The van der Waals surface area contributed by atoms with Crippen LogP contribution >= 0.6 is 11.6 Å². The van der Waals surface area contributed by atoms with Crippen LogP contribution in [0.5, 0.6) is 0 Å². The fraction of sp³-hybridized carbons (Fsp3) is 0.167. The number of ketones is 1. The Labute approximate surface area is 128 Å². The fourth-order valence-electron chi connectivity index (χ4n) is 2.49. The van der Waals surface area contributed by atoms with Crippen LogP contribution in [0, 0.1) is 0 Å². The summed E-state index contributed by atoms with van der Waals surface area (Å²) in [5.41, 5.74) is 3.40. The Hall–Kier alpha value is -2.06. The van der Waals surface area contributed by atoms with E-state index < -0.39 is 0 Å². The van der Waals surface area contributed by atoms with Crippen molar-refractivity contribution in [2.45, 2.75) is 19.8 Å². The molecule has 3 rings (SSSR count). The highest BCUT2D eigenvalue weighted by Gasteiger charge is 2.16. The van der Waals surface area contributed by atoms with Gasteiger partial charge in [0, 0.05) is 28.2 Å². The molecule has 1 aromatic heterocycles. The summed E-state index contributed by atoms with van der Waals surface area (Å²) < 4.78 is 0. The van der Waals surface area contributed by atoms with Crippen LogP contribution < -0.4 is 0 Å². The van der Waals surface area contributed by atoms with Crippen molar-refractivity contribution >= 4 is 28.3 Å². The average molecular weight is 298 g/mol. The van der Waals surface area contributed by atoms with E-state index in [9.17, 15) is 4.79 Å². The highest BCUT2D eigenvalue weighted by Crippen LogP contribution is 2.28. The van der Waals surface area contributed by atoms with Crippen LogP contribution in [-0.2, 0) is 0 Å². The van der Waals surface area contributed by atoms with Crippen molar-refractivity contribution in [2.24, 2.45) is 0 Å². The fourth-order valence-corrected chi connectivity index (χ4v) is 2.77. The van der Waals surface area contributed by atoms with Crippen LogP contribution in [0.25, 0.3) is 10.9 Å². The van der Waals surface area contributed by atoms with E-state index in [1.54, 1.807) is 12.3 Å². The number of aromatic amines is 1. The molecule has 0 radical (unpaired) electrons. The number of benzene rings is 2. The molecule has 3 aromatic rings. The second kappa shape index (κ2) is 5.38. The Kier molecular flexibility index (Phi) is 3.56. The molecule has 0 atom stereocenters. The van der Waals surface area contributed by atoms with Gasteiger partial charge in [0.15, 0.2) is 5.78 Å². The maximum atomic E-state index is 12.7. The van der Waals surface area contributed by atoms with Crippen LogP contribution in [0.2, 0.25) is 5.02 Å². The zero-order valence-corrected chi connectivity index (χ0v) is 12.7. The van der Waals surface area contributed by atoms with Gasteiger partial charge in [0.1, 0.15) is 0 Å². The zero-order valence-electron chi connectivity index (χ0n) is 12.0. The van der Waals surface area contributed by atoms with Crippen LogP contribution in [0.15, 0.2) is 48.7 Å². The first-order chi connectivity index (χ1) is 10.1. The van der Waals surface area contributed by atoms with E-state index in [1.165, 1.54) is 5.56 Å². The van der Waals surface area contributed by atoms with Crippen molar-refractivity contribution < 1.29 is 4.79 Å². The number of aromatic nitrogens is 1. The molecular weight excluding hydrogens is 282 g/mol. The minimum Gasteiger partial charge on any atom is -0.360 e. The van der Waals surface area contributed by atoms with Crippen molar-refractivity contribution in [1.82, 2.24) is 4.98 Å². The van der Waals surface area contributed by atoms with Crippen molar-refractivity contribution in [3.8, 4) is 0 Å². The lowest BCUT2D eigenvalue weighted by Gasteiger charge is -2.06. The summed E-state index contributed by atoms with van der Waals surface area (Å²) in [4.78, 5) is 15.8. The number of rotatable bonds is 3. The van der Waals surface area contributed by atoms with Crippen molar-refractivity contribution in [3.63, 3.8) is 0 Å². The lowest BCUT2D eigenvalue weighted by molar-refractivity contribution is 0.104. The quantitative estimate of drug-likeness (QED) is 0.664. The number of H-pyrrole nitrogens is 1. The molecule has 106 valence electrons. The Morgan fingerprint density at radius 1 is 1.10 bits per heavy atom. The van der Waals surface area contributed by atoms with E-state index in [0.29, 0.717) is 22.1 Å². The highest BCUT2D eigenvalue weighted by atomic mass is 35.5. The van der Waals surface area contributed by atoms with Gasteiger partial charge in [0.25, 0.3) is 0 Å². The van der Waals surface area contributed by atoms with Gasteiger partial charge < -0.3 is 4.98 Å². The predicted molar refractivity (Wildman–Crippen MR) is 87.3 cm³/mol. The standard InChI is InChI=1S/C18H16ClNO/c1-11(2)12-6-8-13(9-7-12)18(21)14-10-20-16-5-3-4-15(19)17(14)16/h3-11,20H,1-2H3. The number of carbonyl (C=O) groups excluding carboxylic acids is 1. The third-order valence-corrected chi connectivity index (χ3v) is 4.05. The minimum atomic E-state index is -0.00958. The first-order valence-corrected chi connectivity index (χ1v) is 7.36. The summed E-state index contributed by atoms with van der Waals surface area (Å²) in [6.07, 6.45) is 1.73. The zero-order chi connectivity index (χ0) is 15.0. The van der Waals surface area contributed by atoms with Gasteiger partial charge in [-0.2, -0.15) is 0 Å². The first kappa shape index (κ1) is 13.9. The van der Waals surface area contributed by atoms with Gasteiger partial charge in [-0.05, 0) is 23.6 Å². The topological polar surface area (TPSA) is 32.9 Å². The third kappa shape index (κ3) is 2.47. The molecule has 0 aliphatic rings. The van der Waals surface area contributed by atoms with Gasteiger partial charge >= 0.3 is 0 Å². The van der Waals surface area contributed by atoms with E-state index in [4.69, 9.17) is 11.6 Å². The van der Waals surface area contributed by atoms with Crippen molar-refractivity contribution in [3.05, 3.63) is 70.4 Å². The Morgan fingerprint density at radius 2 is 1.81 bits per heavy atom. The predicted octanol–water partition coefficient (Wildman–Crippen LogP) is 5.18. The van der Waals surface area contributed by atoms with Crippen LogP contribution in [0.3, 0.4) is 0 Å². The third-order valence-electron chi connectivity index (χ3n) is 3.74. The average Bonchev–Trinajstić information content (AvgIpc) is 2.92. The number of nitrogens with one attached hydrogen (secondary N) is 1. The summed E-state index contributed by atoms with van der Waals surface area (Å²) in [6, 6.07) is 13.4. The van der Waals surface area contributed by atoms with Crippen LogP contribution in [0.1, 0.15) is 41.3 Å². The summed E-state index contributed by atoms with van der Waals surface area (Å²) in [7, 11) is 0. The molecule has 2 nitrogen and oxygen atoms in total. The maximum Gasteiger partial charge on any atom is 0.195 e. The molecule has 0 spiro atoms. The van der Waals surface area contributed by atoms with E-state index in [2.05, 4.69) is 18.8 Å². The second-order valence-electron chi connectivity index (χ2n) is 5.47. The lowest BCUT2D eigenvalue weighted by atomic mass is 9.98. The molecule has 3 heteroatoms. The van der Waals surface area contributed by atoms with Crippen molar-refractivity contribution in [1.29, 1.82) is 0 Å². The maximum absolute atomic E-state index is 12.7. The first-order valence-electron chi connectivity index (χ1n) is 6.98. The van der Waals surface area contributed by atoms with Gasteiger partial charge in [0.05, 0.1) is 5.02 Å². The van der Waals surface area contributed by atoms with Gasteiger partial charge in [-0.3, -0.25) is 4.79 Å². The summed E-state index contributed by atoms with van der Waals surface area (Å²) >= 11 is 6.23. The smallest absolute Gasteiger partial charge is 0.195 e. The number of halogens is 1. The molecule has 0 bridgehead atoms. The molecule has 0 amide bonds. The molecule has 1 N–H and O–H groups in total. The second-order valence-corrected chi connectivity index (χ2v) is 5.88. The molecule has 0 aliphatic carbocycles. The molecule has 0 aliphatic heterocycles. The summed E-state index contributed by atoms with van der Waals surface area (Å²) in [6.45, 7) is 4.27. The molecule has 2 aromatic carbocycles. The summed E-state index contributed by atoms with van der Waals surface area (Å²) in [5.74, 6) is 0.446. The normalized spacial score (nSPS) is 11.2. The molecule has 0 unspecified atom stereocenters. The number of fused-ring (bicyclic) bond motifs is 1. The van der Waals surface area contributed by atoms with Crippen molar-refractivity contribution in [2.75, 3.05) is 0 Å². The number of hydrogen-bond donors (Lipinski definition) is 1. The van der Waals surface area contributed by atoms with E-state index in [-0.39, 0.29) is 5.78 Å². The van der Waals surface area contributed by atoms with Gasteiger partial charge in [-0.15, -0.1) is 0 Å². The monoisotopic (exact) mass is 297 g/mol. The number of carbonyl (C=O) groups is 1. The van der Waals surface area contributed by atoms with E-state index in [1.807, 2.05) is 36.4 Å². The molecule has 1 heterocycles. The van der Waals surface area contributed by atoms with Gasteiger partial charge in [-0.1, -0.05) is 55.8 Å². The molecule has 0 saturated heterocycles. The van der Waals surface area contributed by atoms with Gasteiger partial charge in [-0.25, -0.2) is 0 Å². The Balaban J connectivity index is 2.04. The van der Waals surface area contributed by atoms with Crippen LogP contribution in [0.4, 0.5) is 0 Å². The highest BCUT2D eigenvalue weighted by molar-refractivity contribution is 6.37. The SMILES string of the molecule is CC(C)c1ccc(C(=O)c2c[nH]c3cccc(Cl)c23)cc1. The number of hydrogen-bond acceptors (Lipinski definition) is 1. The molecule has 0 fully saturated rings. The Bertz CT molecular complexity index is 800. The molecule has 0 saturated carbocycles. The molecular formula is C18H16ClNO. The lowest BCUT2D eigenvalue weighted by Crippen LogP contribution is -2.01. The van der Waals surface area contributed by atoms with E-state index >= 15 is 0 Å². The summed E-state index contributed by atoms with van der Waals surface area (Å²) in [5, 5.41) is 1.38. The van der Waals surface area contributed by atoms with E-state index in [0.717, 1.165) is 10.9 Å². The Morgan fingerprint density at radius 3 is 2.48 bits per heavy atom. The van der Waals surface area contributed by atoms with Crippen LogP contribution in [-0.4, -0.2) is 10.8 Å². The largest absolute Gasteiger partial charge is 0.360 e. The minimum absolute atomic E-state index is 0.00958. The molecule has 21 heavy (non-hydrogen) atoms.